The maximum Gasteiger partial charge on any atom is 0.255 e. The summed E-state index contributed by atoms with van der Waals surface area (Å²) in [5.74, 6) is 0.341. The smallest absolute Gasteiger partial charge is 0.255 e. The van der Waals surface area contributed by atoms with E-state index < -0.39 is 9.84 Å². The van der Waals surface area contributed by atoms with E-state index in [2.05, 4.69) is 16.7 Å². The number of pyridine rings is 1. The zero-order valence-corrected chi connectivity index (χ0v) is 17.1. The Labute approximate surface area is 168 Å². The Kier molecular flexibility index (Phi) is 4.77. The van der Waals surface area contributed by atoms with E-state index in [0.717, 1.165) is 0 Å². The van der Waals surface area contributed by atoms with Crippen molar-refractivity contribution in [3.05, 3.63) is 48.4 Å². The second kappa shape index (κ2) is 7.14. The van der Waals surface area contributed by atoms with Gasteiger partial charge < -0.3 is 9.32 Å². The molecule has 0 aliphatic carbocycles. The van der Waals surface area contributed by atoms with E-state index >= 15 is 0 Å². The quantitative estimate of drug-likeness (QED) is 0.595. The number of hydrogen-bond acceptors (Lipinski definition) is 6. The van der Waals surface area contributed by atoms with Crippen LogP contribution in [-0.4, -0.2) is 58.1 Å². The first-order valence-electron chi connectivity index (χ1n) is 9.31. The molecule has 1 fully saturated rings. The fourth-order valence-electron chi connectivity index (χ4n) is 3.88. The van der Waals surface area contributed by atoms with Gasteiger partial charge in [-0.15, -0.1) is 6.58 Å². The highest BCUT2D eigenvalue weighted by molar-refractivity contribution is 7.91. The first-order chi connectivity index (χ1) is 13.8. The van der Waals surface area contributed by atoms with Gasteiger partial charge in [0.1, 0.15) is 5.69 Å². The number of carbonyl (C=O) groups excluding carboxylic acids is 1. The molecule has 8 nitrogen and oxygen atoms in total. The second-order valence-electron chi connectivity index (χ2n) is 7.24. The van der Waals surface area contributed by atoms with E-state index in [1.807, 2.05) is 6.92 Å². The Bertz CT molecular complexity index is 1200. The normalized spacial score (nSPS) is 18.2. The number of rotatable bonds is 5. The van der Waals surface area contributed by atoms with Crippen molar-refractivity contribution in [3.8, 4) is 11.5 Å². The third-order valence-corrected chi connectivity index (χ3v) is 6.96. The lowest BCUT2D eigenvalue weighted by atomic mass is 10.1. The minimum atomic E-state index is -3.14. The van der Waals surface area contributed by atoms with Crippen molar-refractivity contribution in [2.45, 2.75) is 19.4 Å². The number of sulfone groups is 1. The van der Waals surface area contributed by atoms with Gasteiger partial charge in [0.25, 0.3) is 5.91 Å². The molecule has 1 saturated heterocycles. The van der Waals surface area contributed by atoms with Crippen LogP contribution in [0.3, 0.4) is 0 Å². The Hall–Kier alpha value is -2.94. The van der Waals surface area contributed by atoms with E-state index in [9.17, 15) is 13.2 Å². The lowest BCUT2D eigenvalue weighted by Gasteiger charge is -2.27. The molecular formula is C20H22N4O4S. The van der Waals surface area contributed by atoms with Crippen molar-refractivity contribution in [3.63, 3.8) is 0 Å². The largest absolute Gasteiger partial charge is 0.463 e. The van der Waals surface area contributed by atoms with Crippen LogP contribution in [0.5, 0.6) is 0 Å². The van der Waals surface area contributed by atoms with E-state index in [1.54, 1.807) is 47.2 Å². The number of aromatic nitrogens is 3. The van der Waals surface area contributed by atoms with Gasteiger partial charge in [-0.3, -0.25) is 9.48 Å². The fourth-order valence-corrected chi connectivity index (χ4v) is 5.61. The lowest BCUT2D eigenvalue weighted by molar-refractivity contribution is 0.0722. The molecule has 0 N–H and O–H groups in total. The van der Waals surface area contributed by atoms with Crippen LogP contribution in [0.1, 0.15) is 22.5 Å². The van der Waals surface area contributed by atoms with E-state index in [-0.39, 0.29) is 30.0 Å². The summed E-state index contributed by atoms with van der Waals surface area (Å²) in [7, 11) is -1.37. The van der Waals surface area contributed by atoms with Crippen LogP contribution in [0.15, 0.2) is 41.5 Å². The summed E-state index contributed by atoms with van der Waals surface area (Å²) in [4.78, 5) is 19.8. The van der Waals surface area contributed by atoms with Crippen molar-refractivity contribution in [1.29, 1.82) is 0 Å². The zero-order valence-electron chi connectivity index (χ0n) is 16.3. The fraction of sp³-hybridized carbons (Fsp3) is 0.350. The summed E-state index contributed by atoms with van der Waals surface area (Å²) in [5.41, 5.74) is 2.20. The molecule has 1 aliphatic rings. The predicted octanol–water partition coefficient (Wildman–Crippen LogP) is 2.35. The molecule has 3 aromatic heterocycles. The number of fused-ring (bicyclic) bond motifs is 1. The maximum absolute atomic E-state index is 13.6. The standard InChI is InChI=1S/C20H22N4O4S/c1-4-8-24(14-7-10-29(26,27)12-14)20(25)15-11-16(17-6-5-9-28-17)21-19-18(15)13(2)22-23(19)3/h4-6,9,11,14H,1,7-8,10,12H2,2-3H3. The van der Waals surface area contributed by atoms with Gasteiger partial charge in [-0.1, -0.05) is 6.08 Å². The zero-order chi connectivity index (χ0) is 20.8. The number of nitrogens with zero attached hydrogens (tertiary/aromatic N) is 4. The van der Waals surface area contributed by atoms with Gasteiger partial charge in [0.2, 0.25) is 0 Å². The van der Waals surface area contributed by atoms with Crippen LogP contribution in [0.2, 0.25) is 0 Å². The number of amides is 1. The van der Waals surface area contributed by atoms with Crippen LogP contribution in [-0.2, 0) is 16.9 Å². The van der Waals surface area contributed by atoms with Crippen molar-refractivity contribution < 1.29 is 17.6 Å². The Morgan fingerprint density at radius 2 is 2.28 bits per heavy atom. The van der Waals surface area contributed by atoms with Crippen molar-refractivity contribution in [1.82, 2.24) is 19.7 Å². The van der Waals surface area contributed by atoms with Gasteiger partial charge >= 0.3 is 0 Å². The molecule has 0 bridgehead atoms. The number of furan rings is 1. The van der Waals surface area contributed by atoms with Gasteiger partial charge in [-0.25, -0.2) is 13.4 Å². The topological polar surface area (TPSA) is 98.3 Å². The molecule has 4 heterocycles. The molecule has 1 unspecified atom stereocenters. The van der Waals surface area contributed by atoms with Gasteiger partial charge in [0.05, 0.1) is 34.4 Å². The van der Waals surface area contributed by atoms with E-state index in [4.69, 9.17) is 4.42 Å². The highest BCUT2D eigenvalue weighted by Crippen LogP contribution is 2.29. The molecule has 0 saturated carbocycles. The average molecular weight is 414 g/mol. The highest BCUT2D eigenvalue weighted by Gasteiger charge is 2.35. The first-order valence-corrected chi connectivity index (χ1v) is 11.1. The van der Waals surface area contributed by atoms with Crippen LogP contribution < -0.4 is 0 Å². The van der Waals surface area contributed by atoms with Crippen LogP contribution in [0.4, 0.5) is 0 Å². The van der Waals surface area contributed by atoms with Crippen molar-refractivity contribution in [2.75, 3.05) is 18.1 Å². The van der Waals surface area contributed by atoms with Gasteiger partial charge in [-0.05, 0) is 31.5 Å². The number of hydrogen-bond donors (Lipinski definition) is 0. The van der Waals surface area contributed by atoms with Crippen molar-refractivity contribution in [2.24, 2.45) is 7.05 Å². The molecule has 0 spiro atoms. The minimum absolute atomic E-state index is 0.0299. The number of aryl methyl sites for hydroxylation is 2. The molecule has 4 rings (SSSR count). The monoisotopic (exact) mass is 414 g/mol. The lowest BCUT2D eigenvalue weighted by Crippen LogP contribution is -2.41. The van der Waals surface area contributed by atoms with Crippen LogP contribution in [0.25, 0.3) is 22.5 Å². The summed E-state index contributed by atoms with van der Waals surface area (Å²) >= 11 is 0. The molecule has 9 heteroatoms. The molecule has 1 aliphatic heterocycles. The minimum Gasteiger partial charge on any atom is -0.463 e. The van der Waals surface area contributed by atoms with Gasteiger partial charge in [0.15, 0.2) is 21.2 Å². The maximum atomic E-state index is 13.6. The van der Waals surface area contributed by atoms with Crippen molar-refractivity contribution >= 4 is 26.8 Å². The van der Waals surface area contributed by atoms with E-state index in [0.29, 0.717) is 40.2 Å². The Balaban J connectivity index is 1.86. The first kappa shape index (κ1) is 19.4. The third kappa shape index (κ3) is 3.46. The average Bonchev–Trinajstić information content (AvgIpc) is 3.39. The van der Waals surface area contributed by atoms with Crippen LogP contribution >= 0.6 is 0 Å². The second-order valence-corrected chi connectivity index (χ2v) is 9.47. The molecule has 3 aromatic rings. The predicted molar refractivity (Wildman–Crippen MR) is 109 cm³/mol. The Morgan fingerprint density at radius 1 is 1.48 bits per heavy atom. The highest BCUT2D eigenvalue weighted by atomic mass is 32.2. The number of carbonyl (C=O) groups is 1. The molecule has 1 atom stereocenters. The molecule has 152 valence electrons. The van der Waals surface area contributed by atoms with E-state index in [1.165, 1.54) is 0 Å². The molecule has 29 heavy (non-hydrogen) atoms. The summed E-state index contributed by atoms with van der Waals surface area (Å²) < 4.78 is 31.1. The van der Waals surface area contributed by atoms with Crippen LogP contribution in [0, 0.1) is 6.92 Å². The summed E-state index contributed by atoms with van der Waals surface area (Å²) in [5, 5.41) is 5.07. The van der Waals surface area contributed by atoms with Gasteiger partial charge in [0, 0.05) is 19.6 Å². The molecule has 0 aromatic carbocycles. The molecule has 1 amide bonds. The summed E-state index contributed by atoms with van der Waals surface area (Å²) in [6.07, 6.45) is 3.59. The summed E-state index contributed by atoms with van der Waals surface area (Å²) in [6, 6.07) is 4.84. The molecular weight excluding hydrogens is 392 g/mol. The summed E-state index contributed by atoms with van der Waals surface area (Å²) in [6.45, 7) is 5.83. The third-order valence-electron chi connectivity index (χ3n) is 5.21. The SMILES string of the molecule is C=CCN(C(=O)c1cc(-c2ccco2)nc2c1c(C)nn2C)C1CCS(=O)(=O)C1. The van der Waals surface area contributed by atoms with Gasteiger partial charge in [-0.2, -0.15) is 5.10 Å². The Morgan fingerprint density at radius 3 is 2.90 bits per heavy atom. The molecule has 0 radical (unpaired) electrons.